The second-order valence-corrected chi connectivity index (χ2v) is 4.08. The Kier molecular flexibility index (Phi) is 6.72. The average molecular weight is 304 g/mol. The molecule has 0 fully saturated rings. The van der Waals surface area contributed by atoms with Crippen molar-refractivity contribution in [3.05, 3.63) is 0 Å². The van der Waals surface area contributed by atoms with Gasteiger partial charge in [0, 0.05) is 11.8 Å². The van der Waals surface area contributed by atoms with Crippen molar-refractivity contribution in [2.75, 3.05) is 18.4 Å². The van der Waals surface area contributed by atoms with Crippen LogP contribution in [0.3, 0.4) is 0 Å². The smallest absolute Gasteiger partial charge is 0.366 e. The summed E-state index contributed by atoms with van der Waals surface area (Å²) in [6, 6.07) is 0. The van der Waals surface area contributed by atoms with Gasteiger partial charge < -0.3 is 4.74 Å². The van der Waals surface area contributed by atoms with E-state index < -0.39 is 18.9 Å². The second kappa shape index (κ2) is 6.32. The van der Waals surface area contributed by atoms with Gasteiger partial charge in [0.2, 0.25) is 0 Å². The average Bonchev–Trinajstić information content (AvgIpc) is 2.03. The molecule has 0 radical (unpaired) electrons. The molecule has 13 heavy (non-hydrogen) atoms. The zero-order valence-electron chi connectivity index (χ0n) is 6.45. The lowest BCUT2D eigenvalue weighted by atomic mass is 10.3. The zero-order chi connectivity index (χ0) is 10.5. The summed E-state index contributed by atoms with van der Waals surface area (Å²) in [5.74, 6) is 0.119. The number of alkyl halides is 6. The fraction of sp³-hybridized carbons (Fsp3) is 1.00. The fourth-order valence-electron chi connectivity index (χ4n) is 0.547. The van der Waals surface area contributed by atoms with Crippen LogP contribution in [0, 0.1) is 0 Å². The van der Waals surface area contributed by atoms with Gasteiger partial charge in [-0.1, -0.05) is 15.9 Å². The lowest BCUT2D eigenvalue weighted by Gasteiger charge is -2.19. The predicted molar refractivity (Wildman–Crippen MR) is 50.0 cm³/mol. The van der Waals surface area contributed by atoms with Gasteiger partial charge in [0.25, 0.3) is 0 Å². The molecule has 2 atom stereocenters. The van der Waals surface area contributed by atoms with Crippen molar-refractivity contribution in [2.45, 2.75) is 17.1 Å². The van der Waals surface area contributed by atoms with Gasteiger partial charge in [-0.25, -0.2) is 0 Å². The molecule has 0 aromatic heterocycles. The van der Waals surface area contributed by atoms with Crippen molar-refractivity contribution in [3.63, 3.8) is 0 Å². The maximum atomic E-state index is 11.7. The Morgan fingerprint density at radius 3 is 2.08 bits per heavy atom. The van der Waals surface area contributed by atoms with E-state index in [1.807, 2.05) is 0 Å². The first kappa shape index (κ1) is 13.8. The third kappa shape index (κ3) is 6.82. The number of halogens is 6. The van der Waals surface area contributed by atoms with Crippen molar-refractivity contribution < 1.29 is 17.9 Å². The van der Waals surface area contributed by atoms with Gasteiger partial charge >= 0.3 is 6.18 Å². The number of rotatable bonds is 5. The molecule has 80 valence electrons. The van der Waals surface area contributed by atoms with Crippen molar-refractivity contribution in [1.82, 2.24) is 0 Å². The summed E-state index contributed by atoms with van der Waals surface area (Å²) in [4.78, 5) is -0.367. The molecule has 0 N–H and O–H groups in total. The highest BCUT2D eigenvalue weighted by molar-refractivity contribution is 9.09. The summed E-state index contributed by atoms with van der Waals surface area (Å²) in [6.45, 7) is -1.30. The Labute approximate surface area is 92.6 Å². The van der Waals surface area contributed by atoms with E-state index in [-0.39, 0.29) is 16.6 Å². The second-order valence-electron chi connectivity index (χ2n) is 2.29. The van der Waals surface area contributed by atoms with E-state index in [0.29, 0.717) is 0 Å². The summed E-state index contributed by atoms with van der Waals surface area (Å²) >= 11 is 13.9. The summed E-state index contributed by atoms with van der Waals surface area (Å²) < 4.78 is 39.6. The van der Waals surface area contributed by atoms with E-state index in [9.17, 15) is 13.2 Å². The highest BCUT2D eigenvalue weighted by Gasteiger charge is 2.30. The van der Waals surface area contributed by atoms with Crippen LogP contribution in [0.1, 0.15) is 0 Å². The maximum Gasteiger partial charge on any atom is 0.411 e. The van der Waals surface area contributed by atoms with Gasteiger partial charge in [-0.2, -0.15) is 13.2 Å². The largest absolute Gasteiger partial charge is 0.411 e. The van der Waals surface area contributed by atoms with Crippen molar-refractivity contribution in [1.29, 1.82) is 0 Å². The minimum atomic E-state index is -4.33. The van der Waals surface area contributed by atoms with Crippen LogP contribution in [-0.4, -0.2) is 35.5 Å². The van der Waals surface area contributed by atoms with Crippen LogP contribution in [0.25, 0.3) is 0 Å². The van der Waals surface area contributed by atoms with Crippen molar-refractivity contribution >= 4 is 39.1 Å². The third-order valence-electron chi connectivity index (χ3n) is 1.16. The Bertz CT molecular complexity index is 144. The molecule has 0 aliphatic heterocycles. The summed E-state index contributed by atoms with van der Waals surface area (Å²) in [5, 5.41) is 0. The molecule has 0 heterocycles. The fourth-order valence-corrected chi connectivity index (χ4v) is 1.60. The Hall–Kier alpha value is 0.810. The Morgan fingerprint density at radius 1 is 1.23 bits per heavy atom. The van der Waals surface area contributed by atoms with E-state index in [0.717, 1.165) is 0 Å². The first-order valence-corrected chi connectivity index (χ1v) is 5.33. The molecular formula is C6H8BrCl2F3O. The molecular weight excluding hydrogens is 296 g/mol. The van der Waals surface area contributed by atoms with Gasteiger partial charge in [0.05, 0.1) is 10.9 Å². The van der Waals surface area contributed by atoms with Gasteiger partial charge in [-0.05, 0) is 0 Å². The molecule has 7 heteroatoms. The van der Waals surface area contributed by atoms with E-state index in [1.54, 1.807) is 0 Å². The molecule has 2 unspecified atom stereocenters. The van der Waals surface area contributed by atoms with E-state index in [4.69, 9.17) is 23.2 Å². The van der Waals surface area contributed by atoms with Crippen LogP contribution in [-0.2, 0) is 4.74 Å². The molecule has 0 spiro atoms. The quantitative estimate of drug-likeness (QED) is 0.709. The van der Waals surface area contributed by atoms with Crippen LogP contribution in [0.4, 0.5) is 13.2 Å². The summed E-state index contributed by atoms with van der Waals surface area (Å²) in [5.41, 5.74) is 0. The molecule has 0 saturated carbocycles. The van der Waals surface area contributed by atoms with Gasteiger partial charge in [0.15, 0.2) is 0 Å². The Balaban J connectivity index is 3.85. The molecule has 0 aromatic carbocycles. The van der Waals surface area contributed by atoms with Crippen LogP contribution >= 0.6 is 39.1 Å². The Morgan fingerprint density at radius 2 is 1.77 bits per heavy atom. The van der Waals surface area contributed by atoms with Gasteiger partial charge in [-0.15, -0.1) is 23.2 Å². The van der Waals surface area contributed by atoms with Gasteiger partial charge in [-0.3, -0.25) is 0 Å². The van der Waals surface area contributed by atoms with Crippen molar-refractivity contribution in [2.24, 2.45) is 0 Å². The topological polar surface area (TPSA) is 9.23 Å². The minimum absolute atomic E-state index is 0.0291. The lowest BCUT2D eigenvalue weighted by molar-refractivity contribution is -0.182. The number of hydrogen-bond acceptors (Lipinski definition) is 1. The van der Waals surface area contributed by atoms with Crippen LogP contribution in [0.5, 0.6) is 0 Å². The van der Waals surface area contributed by atoms with Crippen LogP contribution in [0.2, 0.25) is 0 Å². The van der Waals surface area contributed by atoms with Crippen LogP contribution < -0.4 is 0 Å². The molecule has 0 amide bonds. The predicted octanol–water partition coefficient (Wildman–Crippen LogP) is 3.18. The molecule has 1 nitrogen and oxygen atoms in total. The zero-order valence-corrected chi connectivity index (χ0v) is 9.55. The number of hydrogen-bond donors (Lipinski definition) is 0. The number of ether oxygens (including phenoxy) is 1. The van der Waals surface area contributed by atoms with E-state index in [1.165, 1.54) is 0 Å². The summed E-state index contributed by atoms with van der Waals surface area (Å²) in [7, 11) is 0. The molecule has 0 bridgehead atoms. The van der Waals surface area contributed by atoms with Crippen molar-refractivity contribution in [3.8, 4) is 0 Å². The van der Waals surface area contributed by atoms with E-state index >= 15 is 0 Å². The minimum Gasteiger partial charge on any atom is -0.366 e. The highest BCUT2D eigenvalue weighted by atomic mass is 79.9. The summed E-state index contributed by atoms with van der Waals surface area (Å²) in [6.07, 6.45) is -5.05. The lowest BCUT2D eigenvalue weighted by Crippen LogP contribution is -2.31. The normalized spacial score (nSPS) is 17.1. The SMILES string of the molecule is FC(F)(F)COC(CCl)C(Br)CCl. The molecule has 0 aliphatic rings. The van der Waals surface area contributed by atoms with Gasteiger partial charge in [0.1, 0.15) is 6.61 Å². The molecule has 0 aliphatic carbocycles. The maximum absolute atomic E-state index is 11.7. The monoisotopic (exact) mass is 302 g/mol. The standard InChI is InChI=1S/C6H8BrCl2F3O/c7-4(1-8)5(2-9)13-3-6(10,11)12/h4-5H,1-3H2. The third-order valence-corrected chi connectivity index (χ3v) is 3.09. The first-order valence-electron chi connectivity index (χ1n) is 3.35. The molecule has 0 aromatic rings. The molecule has 0 rings (SSSR count). The first-order chi connectivity index (χ1) is 5.90. The molecule has 0 saturated heterocycles. The van der Waals surface area contributed by atoms with Crippen LogP contribution in [0.15, 0.2) is 0 Å². The highest BCUT2D eigenvalue weighted by Crippen LogP contribution is 2.19. The van der Waals surface area contributed by atoms with E-state index in [2.05, 4.69) is 20.7 Å².